The highest BCUT2D eigenvalue weighted by Crippen LogP contribution is 2.29. The normalized spacial score (nSPS) is 10.9. The van der Waals surface area contributed by atoms with Gasteiger partial charge >= 0.3 is 12.2 Å². The van der Waals surface area contributed by atoms with Gasteiger partial charge < -0.3 is 20.7 Å². The maximum atomic E-state index is 12.3. The van der Waals surface area contributed by atoms with Crippen molar-refractivity contribution < 1.29 is 27.5 Å². The Morgan fingerprint density at radius 2 is 1.86 bits per heavy atom. The Hall–Kier alpha value is -2.94. The standard InChI is InChI=1S/C18H17ClF3N3O3/c1-11-3-2-4-13(7-11)24-17(27)23-9-16(26)25-14-8-12(19)5-6-15(14)28-10-18(20,21)22/h2-8H,9-10H2,1H3,(H,25,26)(H2,23,24,27). The van der Waals surface area contributed by atoms with Gasteiger partial charge in [-0.05, 0) is 42.8 Å². The largest absolute Gasteiger partial charge is 0.482 e. The molecule has 2 aromatic rings. The predicted octanol–water partition coefficient (Wildman–Crippen LogP) is 4.35. The van der Waals surface area contributed by atoms with Crippen molar-refractivity contribution in [1.82, 2.24) is 5.32 Å². The topological polar surface area (TPSA) is 79.5 Å². The first-order valence-corrected chi connectivity index (χ1v) is 8.41. The Morgan fingerprint density at radius 3 is 2.54 bits per heavy atom. The van der Waals surface area contributed by atoms with Crippen LogP contribution in [0.15, 0.2) is 42.5 Å². The highest BCUT2D eigenvalue weighted by Gasteiger charge is 2.29. The van der Waals surface area contributed by atoms with Crippen molar-refractivity contribution >= 4 is 34.9 Å². The Morgan fingerprint density at radius 1 is 1.11 bits per heavy atom. The number of carbonyl (C=O) groups is 2. The first kappa shape index (κ1) is 21.4. The number of alkyl halides is 3. The second-order valence-electron chi connectivity index (χ2n) is 5.77. The number of amides is 3. The van der Waals surface area contributed by atoms with Crippen molar-refractivity contribution in [2.45, 2.75) is 13.1 Å². The van der Waals surface area contributed by atoms with Gasteiger partial charge in [0.05, 0.1) is 12.2 Å². The van der Waals surface area contributed by atoms with Crippen LogP contribution in [0.5, 0.6) is 5.75 Å². The van der Waals surface area contributed by atoms with Crippen LogP contribution >= 0.6 is 11.6 Å². The quantitative estimate of drug-likeness (QED) is 0.656. The van der Waals surface area contributed by atoms with E-state index in [9.17, 15) is 22.8 Å². The molecule has 3 amide bonds. The highest BCUT2D eigenvalue weighted by molar-refractivity contribution is 6.31. The number of carbonyl (C=O) groups excluding carboxylic acids is 2. The lowest BCUT2D eigenvalue weighted by molar-refractivity contribution is -0.153. The van der Waals surface area contributed by atoms with E-state index in [1.54, 1.807) is 18.2 Å². The van der Waals surface area contributed by atoms with Crippen LogP contribution in [-0.4, -0.2) is 31.3 Å². The number of anilines is 2. The van der Waals surface area contributed by atoms with Gasteiger partial charge in [-0.1, -0.05) is 23.7 Å². The summed E-state index contributed by atoms with van der Waals surface area (Å²) >= 11 is 5.81. The van der Waals surface area contributed by atoms with E-state index in [4.69, 9.17) is 11.6 Å². The molecule has 2 aromatic carbocycles. The van der Waals surface area contributed by atoms with Gasteiger partial charge in [0.25, 0.3) is 0 Å². The molecule has 0 heterocycles. The first-order valence-electron chi connectivity index (χ1n) is 8.03. The van der Waals surface area contributed by atoms with Crippen LogP contribution in [0.25, 0.3) is 0 Å². The van der Waals surface area contributed by atoms with Crippen LogP contribution < -0.4 is 20.7 Å². The molecule has 0 atom stereocenters. The number of hydrogen-bond acceptors (Lipinski definition) is 3. The Balaban J connectivity index is 1.91. The summed E-state index contributed by atoms with van der Waals surface area (Å²) in [6.45, 7) is -0.0719. The minimum absolute atomic E-state index is 0.0392. The molecule has 150 valence electrons. The summed E-state index contributed by atoms with van der Waals surface area (Å²) < 4.78 is 41.7. The van der Waals surface area contributed by atoms with Crippen molar-refractivity contribution in [3.05, 3.63) is 53.1 Å². The summed E-state index contributed by atoms with van der Waals surface area (Å²) in [6, 6.07) is 10.2. The molecule has 28 heavy (non-hydrogen) atoms. The molecule has 10 heteroatoms. The van der Waals surface area contributed by atoms with Crippen molar-refractivity contribution in [3.63, 3.8) is 0 Å². The Kier molecular flexibility index (Phi) is 7.11. The molecule has 3 N–H and O–H groups in total. The van der Waals surface area contributed by atoms with Crippen LogP contribution in [-0.2, 0) is 4.79 Å². The van der Waals surface area contributed by atoms with E-state index in [1.807, 2.05) is 13.0 Å². The SMILES string of the molecule is Cc1cccc(NC(=O)NCC(=O)Nc2cc(Cl)ccc2OCC(F)(F)F)c1. The number of aryl methyl sites for hydroxylation is 1. The van der Waals surface area contributed by atoms with Crippen LogP contribution in [0.4, 0.5) is 29.3 Å². The molecule has 0 spiro atoms. The summed E-state index contributed by atoms with van der Waals surface area (Å²) in [5.74, 6) is -0.863. The van der Waals surface area contributed by atoms with Gasteiger partial charge in [-0.25, -0.2) is 4.79 Å². The van der Waals surface area contributed by atoms with Crippen molar-refractivity contribution in [1.29, 1.82) is 0 Å². The lowest BCUT2D eigenvalue weighted by Gasteiger charge is -2.14. The number of halogens is 4. The molecule has 0 fully saturated rings. The van der Waals surface area contributed by atoms with Crippen LogP contribution in [0.1, 0.15) is 5.56 Å². The predicted molar refractivity (Wildman–Crippen MR) is 99.8 cm³/mol. The molecule has 6 nitrogen and oxygen atoms in total. The molecule has 0 bridgehead atoms. The van der Waals surface area contributed by atoms with Gasteiger partial charge in [0, 0.05) is 10.7 Å². The summed E-state index contributed by atoms with van der Waals surface area (Å²) in [7, 11) is 0. The molecular formula is C18H17ClF3N3O3. The van der Waals surface area contributed by atoms with E-state index >= 15 is 0 Å². The molecule has 0 aliphatic carbocycles. The van der Waals surface area contributed by atoms with E-state index in [1.165, 1.54) is 18.2 Å². The van der Waals surface area contributed by atoms with E-state index in [0.29, 0.717) is 5.69 Å². The van der Waals surface area contributed by atoms with E-state index in [0.717, 1.165) is 5.56 Å². The monoisotopic (exact) mass is 415 g/mol. The molecule has 0 aromatic heterocycles. The minimum atomic E-state index is -4.53. The summed E-state index contributed by atoms with van der Waals surface area (Å²) in [4.78, 5) is 23.9. The van der Waals surface area contributed by atoms with E-state index < -0.39 is 31.3 Å². The zero-order valence-corrected chi connectivity index (χ0v) is 15.4. The number of urea groups is 1. The van der Waals surface area contributed by atoms with Crippen molar-refractivity contribution in [2.24, 2.45) is 0 Å². The maximum absolute atomic E-state index is 12.3. The highest BCUT2D eigenvalue weighted by atomic mass is 35.5. The molecular weight excluding hydrogens is 399 g/mol. The lowest BCUT2D eigenvalue weighted by atomic mass is 10.2. The van der Waals surface area contributed by atoms with E-state index in [2.05, 4.69) is 20.7 Å². The van der Waals surface area contributed by atoms with Gasteiger partial charge in [0.15, 0.2) is 6.61 Å². The second kappa shape index (κ2) is 9.32. The average Bonchev–Trinajstić information content (AvgIpc) is 2.58. The summed E-state index contributed by atoms with van der Waals surface area (Å²) in [5, 5.41) is 7.46. The third-order valence-corrected chi connectivity index (χ3v) is 3.53. The van der Waals surface area contributed by atoms with Crippen LogP contribution in [0.2, 0.25) is 5.02 Å². The number of benzene rings is 2. The molecule has 0 saturated heterocycles. The fourth-order valence-corrected chi connectivity index (χ4v) is 2.31. The molecule has 0 aliphatic heterocycles. The lowest BCUT2D eigenvalue weighted by Crippen LogP contribution is -2.35. The van der Waals surface area contributed by atoms with Gasteiger partial charge in [-0.2, -0.15) is 13.2 Å². The van der Waals surface area contributed by atoms with Crippen LogP contribution in [0, 0.1) is 6.92 Å². The Labute approximate surface area is 164 Å². The van der Waals surface area contributed by atoms with Gasteiger partial charge in [0.2, 0.25) is 5.91 Å². The third kappa shape index (κ3) is 7.36. The van der Waals surface area contributed by atoms with Crippen LogP contribution in [0.3, 0.4) is 0 Å². The maximum Gasteiger partial charge on any atom is 0.422 e. The summed E-state index contributed by atoms with van der Waals surface area (Å²) in [5.41, 5.74) is 1.46. The smallest absolute Gasteiger partial charge is 0.422 e. The Bertz CT molecular complexity index is 859. The number of hydrogen-bond donors (Lipinski definition) is 3. The van der Waals surface area contributed by atoms with Gasteiger partial charge in [-0.3, -0.25) is 4.79 Å². The average molecular weight is 416 g/mol. The number of nitrogens with one attached hydrogen (secondary N) is 3. The zero-order valence-electron chi connectivity index (χ0n) is 14.7. The van der Waals surface area contributed by atoms with Crippen molar-refractivity contribution in [2.75, 3.05) is 23.8 Å². The fraction of sp³-hybridized carbons (Fsp3) is 0.222. The first-order chi connectivity index (χ1) is 13.1. The molecule has 0 saturated carbocycles. The number of ether oxygens (including phenoxy) is 1. The fourth-order valence-electron chi connectivity index (χ4n) is 2.14. The molecule has 2 rings (SSSR count). The van der Waals surface area contributed by atoms with E-state index in [-0.39, 0.29) is 16.5 Å². The van der Waals surface area contributed by atoms with Gasteiger partial charge in [0.1, 0.15) is 5.75 Å². The second-order valence-corrected chi connectivity index (χ2v) is 6.21. The zero-order chi connectivity index (χ0) is 20.7. The van der Waals surface area contributed by atoms with Crippen molar-refractivity contribution in [3.8, 4) is 5.75 Å². The van der Waals surface area contributed by atoms with Gasteiger partial charge in [-0.15, -0.1) is 0 Å². The third-order valence-electron chi connectivity index (χ3n) is 3.29. The molecule has 0 aliphatic rings. The summed E-state index contributed by atoms with van der Waals surface area (Å²) in [6.07, 6.45) is -4.53. The molecule has 0 unspecified atom stereocenters. The minimum Gasteiger partial charge on any atom is -0.482 e. The molecule has 0 radical (unpaired) electrons. The number of rotatable bonds is 6.